The van der Waals surface area contributed by atoms with Crippen molar-refractivity contribution in [3.63, 3.8) is 0 Å². The summed E-state index contributed by atoms with van der Waals surface area (Å²) >= 11 is 5.49. The predicted octanol–water partition coefficient (Wildman–Crippen LogP) is 0.207. The van der Waals surface area contributed by atoms with E-state index in [4.69, 9.17) is 42.8 Å². The molecule has 3 aromatic rings. The molecule has 0 spiro atoms. The van der Waals surface area contributed by atoms with Crippen LogP contribution in [-0.2, 0) is 23.7 Å². The molecule has 3 aromatic heterocycles. The van der Waals surface area contributed by atoms with E-state index in [-0.39, 0.29) is 50.9 Å². The molecule has 332 valence electrons. The lowest BCUT2D eigenvalue weighted by Gasteiger charge is -2.34. The Balaban J connectivity index is 0. The van der Waals surface area contributed by atoms with Crippen LogP contribution < -0.4 is 36.0 Å². The number of aromatic nitrogens is 9. The van der Waals surface area contributed by atoms with Crippen LogP contribution in [0, 0.1) is 20.8 Å². The van der Waals surface area contributed by atoms with Crippen molar-refractivity contribution in [1.82, 2.24) is 54.2 Å². The Bertz CT molecular complexity index is 1560. The van der Waals surface area contributed by atoms with Crippen LogP contribution in [0.25, 0.3) is 0 Å². The molecular formula is C36H66Cl2N12O8. The highest BCUT2D eigenvalue weighted by Crippen LogP contribution is 2.20. The summed E-state index contributed by atoms with van der Waals surface area (Å²) in [6, 6.07) is 0.995. The largest absolute Gasteiger partial charge is 1.00 e. The lowest BCUT2D eigenvalue weighted by Crippen LogP contribution is -3.00. The molecule has 0 bridgehead atoms. The normalized spacial score (nSPS) is 15.7. The minimum Gasteiger partial charge on any atom is -1.00 e. The highest BCUT2D eigenvalue weighted by Gasteiger charge is 2.32. The van der Waals surface area contributed by atoms with Gasteiger partial charge in [0.05, 0.1) is 74.6 Å². The van der Waals surface area contributed by atoms with Crippen LogP contribution in [0.15, 0.2) is 0 Å². The number of carbonyl (C=O) groups excluding carboxylic acids is 1. The summed E-state index contributed by atoms with van der Waals surface area (Å²) in [5, 5.41) is 0.157. The summed E-state index contributed by atoms with van der Waals surface area (Å²) in [4.78, 5) is 50.7. The second kappa shape index (κ2) is 32.0. The molecule has 3 fully saturated rings. The van der Waals surface area contributed by atoms with Gasteiger partial charge in [0.1, 0.15) is 30.6 Å². The number of carbonyl (C=O) groups is 1. The van der Waals surface area contributed by atoms with E-state index >= 15 is 0 Å². The van der Waals surface area contributed by atoms with Crippen LogP contribution in [0.5, 0.6) is 18.0 Å². The van der Waals surface area contributed by atoms with Crippen LogP contribution in [0.3, 0.4) is 0 Å². The molecular weight excluding hydrogens is 799 g/mol. The summed E-state index contributed by atoms with van der Waals surface area (Å²) in [5.74, 6) is 3.13. The third-order valence-corrected chi connectivity index (χ3v) is 7.66. The van der Waals surface area contributed by atoms with Gasteiger partial charge in [-0.2, -0.15) is 34.9 Å². The Labute approximate surface area is 358 Å². The van der Waals surface area contributed by atoms with E-state index < -0.39 is 0 Å². The zero-order valence-electron chi connectivity index (χ0n) is 37.0. The molecule has 3 saturated heterocycles. The molecule has 0 unspecified atom stereocenters. The average Bonchev–Trinajstić information content (AvgIpc) is 3.22. The number of aryl methyl sites for hydroxylation is 3. The number of methoxy groups -OCH3 is 3. The number of quaternary nitrogens is 1. The van der Waals surface area contributed by atoms with Crippen molar-refractivity contribution >= 4 is 29.5 Å². The lowest BCUT2D eigenvalue weighted by molar-refractivity contribution is -0.140. The van der Waals surface area contributed by atoms with Crippen LogP contribution >= 0.6 is 11.6 Å². The Hall–Kier alpha value is -3.92. The number of halogens is 2. The number of ether oxygens (including phenoxy) is 7. The van der Waals surface area contributed by atoms with Crippen molar-refractivity contribution in [1.29, 1.82) is 0 Å². The van der Waals surface area contributed by atoms with Crippen molar-refractivity contribution < 1.29 is 53.1 Å². The van der Waals surface area contributed by atoms with E-state index in [0.717, 1.165) is 71.6 Å². The van der Waals surface area contributed by atoms with Gasteiger partial charge in [-0.25, -0.2) is 4.98 Å². The first-order valence-corrected chi connectivity index (χ1v) is 18.3. The van der Waals surface area contributed by atoms with Crippen molar-refractivity contribution in [2.75, 3.05) is 126 Å². The van der Waals surface area contributed by atoms with Crippen molar-refractivity contribution in [3.8, 4) is 18.0 Å². The first-order valence-electron chi connectivity index (χ1n) is 19.3. The number of rotatable bonds is 6. The zero-order chi connectivity index (χ0) is 43.3. The fraction of sp³-hybridized carbons (Fsp3) is 0.722. The molecule has 22 heteroatoms. The smallest absolute Gasteiger partial charge is 0.335 e. The molecule has 0 aromatic carbocycles. The van der Waals surface area contributed by atoms with Gasteiger partial charge in [-0.3, -0.25) is 9.28 Å². The van der Waals surface area contributed by atoms with Crippen LogP contribution in [0.1, 0.15) is 55.3 Å². The fourth-order valence-corrected chi connectivity index (χ4v) is 4.73. The molecule has 58 heavy (non-hydrogen) atoms. The second-order valence-corrected chi connectivity index (χ2v) is 12.2. The minimum atomic E-state index is -0.211. The molecule has 0 amide bonds. The minimum absolute atomic E-state index is 0. The molecule has 0 N–H and O–H groups in total. The van der Waals surface area contributed by atoms with Gasteiger partial charge in [0.2, 0.25) is 11.2 Å². The summed E-state index contributed by atoms with van der Waals surface area (Å²) in [5.41, 5.74) is 0. The Morgan fingerprint density at radius 2 is 1.22 bits per heavy atom. The van der Waals surface area contributed by atoms with Crippen LogP contribution in [0.4, 0.5) is 11.9 Å². The molecule has 3 aliphatic rings. The van der Waals surface area contributed by atoms with Gasteiger partial charge < -0.3 is 55.4 Å². The van der Waals surface area contributed by atoms with Gasteiger partial charge in [0.15, 0.2) is 0 Å². The van der Waals surface area contributed by atoms with Crippen molar-refractivity contribution in [3.05, 3.63) is 22.8 Å². The van der Waals surface area contributed by atoms with E-state index in [2.05, 4.69) is 73.5 Å². The molecule has 6 rings (SSSR count). The first-order chi connectivity index (χ1) is 27.7. The number of likely N-dealkylation sites (N-methyl/N-ethyl adjacent to an activating group) is 2. The summed E-state index contributed by atoms with van der Waals surface area (Å²) in [7, 11) is 8.82. The van der Waals surface area contributed by atoms with Gasteiger partial charge in [-0.15, -0.1) is 4.98 Å². The van der Waals surface area contributed by atoms with E-state index in [1.807, 2.05) is 13.8 Å². The van der Waals surface area contributed by atoms with Gasteiger partial charge >= 0.3 is 29.9 Å². The third kappa shape index (κ3) is 22.9. The highest BCUT2D eigenvalue weighted by atomic mass is 35.5. The van der Waals surface area contributed by atoms with Crippen LogP contribution in [-0.4, -0.2) is 177 Å². The van der Waals surface area contributed by atoms with Crippen molar-refractivity contribution in [2.24, 2.45) is 0 Å². The number of morpholine rings is 3. The van der Waals surface area contributed by atoms with Crippen LogP contribution in [0.2, 0.25) is 5.28 Å². The Morgan fingerprint density at radius 3 is 1.64 bits per heavy atom. The monoisotopic (exact) mass is 867 g/mol. The molecule has 0 saturated carbocycles. The summed E-state index contributed by atoms with van der Waals surface area (Å²) in [6.07, 6.45) is 0. The summed E-state index contributed by atoms with van der Waals surface area (Å²) < 4.78 is 48.1. The van der Waals surface area contributed by atoms with Gasteiger partial charge in [0.25, 0.3) is 0 Å². The third-order valence-electron chi connectivity index (χ3n) is 7.49. The van der Waals surface area contributed by atoms with Gasteiger partial charge in [0, 0.05) is 35.8 Å². The van der Waals surface area contributed by atoms with Crippen molar-refractivity contribution in [2.45, 2.75) is 55.8 Å². The Morgan fingerprint density at radius 1 is 0.776 bits per heavy atom. The number of hydrogen-bond acceptors (Lipinski definition) is 19. The quantitative estimate of drug-likeness (QED) is 0.240. The van der Waals surface area contributed by atoms with E-state index in [1.165, 1.54) is 14.0 Å². The molecule has 0 aliphatic carbocycles. The number of hydrogen-bond donors (Lipinski definition) is 0. The predicted molar refractivity (Wildman–Crippen MR) is 218 cm³/mol. The van der Waals surface area contributed by atoms with Gasteiger partial charge in [-0.1, -0.05) is 21.2 Å². The fourth-order valence-electron chi connectivity index (χ4n) is 4.54. The molecule has 0 radical (unpaired) electrons. The number of nitrogens with zero attached hydrogens (tertiary/aromatic N) is 12. The summed E-state index contributed by atoms with van der Waals surface area (Å²) in [6.45, 7) is 19.8. The zero-order valence-corrected chi connectivity index (χ0v) is 36.5. The number of esters is 1. The second-order valence-electron chi connectivity index (χ2n) is 11.9. The molecule has 0 atom stereocenters. The van der Waals surface area contributed by atoms with Gasteiger partial charge in [-0.05, 0) is 46.3 Å². The maximum Gasteiger partial charge on any atom is 0.335 e. The maximum absolute atomic E-state index is 9.82. The highest BCUT2D eigenvalue weighted by molar-refractivity contribution is 6.28. The van der Waals surface area contributed by atoms with E-state index in [9.17, 15) is 4.79 Å². The lowest BCUT2D eigenvalue weighted by atomic mass is 10.3. The Kier molecular flexibility index (Phi) is 28.7. The maximum atomic E-state index is 9.82. The molecule has 6 heterocycles. The number of anilines is 1. The van der Waals surface area contributed by atoms with E-state index in [1.54, 1.807) is 28.1 Å². The SMILES string of the molecule is C.CCOC(C)=O.CN1CCOCC1.COc1nc(C)nc(Cl)n1.COc1nc(C)nc(N2CCOCC2)n1.COc1nc(C)nc([N+]2(C)CCOCC2)n1.[2H]CC[3H].[Cl-]. The topological polar surface area (TPSA) is 204 Å². The van der Waals surface area contributed by atoms with E-state index in [0.29, 0.717) is 59.7 Å². The standard InChI is InChI=1S/C10H17N4O2.C9H14N4O2.C5H6ClN3O.C5H11NO.C4H8O2.C2H6.CH4.ClH/c1-8-11-9(13-10(12-8)15-3)14(2)4-6-16-7-5-14;1-7-10-8(12-9(11-7)14-2)13-3-5-15-6-4-13;1-3-7-4(6)9-5(8-3)10-2;1-6-2-4-7-5-3-6;1-3-6-4(2)5;1-2;;/h4-7H2,1-3H3;3-6H2,1-2H3;1-2H3;2-5H2,1H3;3H2,1-2H3;1-2H3;1H4;1H/q+1;;;;;;;/p-1/i;;;;;1D,2T;;. The first kappa shape index (κ1) is 52.1. The molecule has 20 nitrogen and oxygen atoms in total. The average molecular weight is 869 g/mol. The molecule has 3 aliphatic heterocycles.